The van der Waals surface area contributed by atoms with Crippen LogP contribution in [0.4, 0.5) is 4.79 Å². The van der Waals surface area contributed by atoms with E-state index in [2.05, 4.69) is 26.0 Å². The van der Waals surface area contributed by atoms with Gasteiger partial charge in [-0.1, -0.05) is 34.2 Å². The summed E-state index contributed by atoms with van der Waals surface area (Å²) < 4.78 is 4.47. The van der Waals surface area contributed by atoms with Gasteiger partial charge in [-0.05, 0) is 6.42 Å². The number of alkyl carbamates (subject to hydrolysis) is 1. The maximum atomic E-state index is 11.3. The Morgan fingerprint density at radius 2 is 2.40 bits per heavy atom. The Morgan fingerprint density at radius 3 is 2.87 bits per heavy atom. The Hall–Kier alpha value is -1.10. The fourth-order valence-corrected chi connectivity index (χ4v) is 1.55. The third kappa shape index (κ3) is 3.51. The zero-order chi connectivity index (χ0) is 11.3. The molecular weight excluding hydrogens is 262 g/mol. The van der Waals surface area contributed by atoms with E-state index in [1.54, 1.807) is 12.2 Å². The van der Waals surface area contributed by atoms with Crippen LogP contribution in [0.3, 0.4) is 0 Å². The molecule has 1 aliphatic rings. The standard InChI is InChI=1S/C10H12BrNO3/c1-15-10(14)12-8-4-2-7(3-5-8)9(13)6-11/h2-4,8H,5-6H2,1H3,(H,12,14). The molecule has 1 aliphatic carbocycles. The summed E-state index contributed by atoms with van der Waals surface area (Å²) in [6.45, 7) is 0. The van der Waals surface area contributed by atoms with Crippen LogP contribution >= 0.6 is 15.9 Å². The molecule has 1 unspecified atom stereocenters. The maximum absolute atomic E-state index is 11.3. The van der Waals surface area contributed by atoms with Crippen LogP contribution in [0.1, 0.15) is 6.42 Å². The molecule has 0 spiro atoms. The number of Topliss-reactive ketones (excluding diaryl/α,β-unsaturated/α-hetero) is 1. The van der Waals surface area contributed by atoms with E-state index < -0.39 is 6.09 Å². The lowest BCUT2D eigenvalue weighted by Crippen LogP contribution is -2.33. The number of rotatable bonds is 3. The molecule has 0 fully saturated rings. The molecule has 4 nitrogen and oxygen atoms in total. The summed E-state index contributed by atoms with van der Waals surface area (Å²) in [7, 11) is 1.32. The summed E-state index contributed by atoms with van der Waals surface area (Å²) in [6, 6.07) is -0.0932. The lowest BCUT2D eigenvalue weighted by Gasteiger charge is -2.16. The third-order valence-electron chi connectivity index (χ3n) is 2.03. The molecule has 0 heterocycles. The van der Waals surface area contributed by atoms with Crippen LogP contribution in [-0.4, -0.2) is 30.4 Å². The number of alkyl halides is 1. The molecule has 1 rings (SSSR count). The second-order valence-electron chi connectivity index (χ2n) is 3.05. The van der Waals surface area contributed by atoms with Crippen molar-refractivity contribution in [3.63, 3.8) is 0 Å². The van der Waals surface area contributed by atoms with E-state index in [0.29, 0.717) is 17.3 Å². The second kappa shape index (κ2) is 5.70. The van der Waals surface area contributed by atoms with Crippen molar-refractivity contribution in [3.05, 3.63) is 23.8 Å². The molecule has 1 N–H and O–H groups in total. The van der Waals surface area contributed by atoms with Gasteiger partial charge in [0.05, 0.1) is 18.5 Å². The first-order chi connectivity index (χ1) is 7.17. The van der Waals surface area contributed by atoms with E-state index >= 15 is 0 Å². The van der Waals surface area contributed by atoms with Crippen molar-refractivity contribution in [2.75, 3.05) is 12.4 Å². The predicted molar refractivity (Wildman–Crippen MR) is 60.0 cm³/mol. The molecule has 0 aromatic heterocycles. The molecule has 0 aromatic rings. The number of hydrogen-bond acceptors (Lipinski definition) is 3. The van der Waals surface area contributed by atoms with Gasteiger partial charge in [0.1, 0.15) is 0 Å². The minimum Gasteiger partial charge on any atom is -0.453 e. The number of carbonyl (C=O) groups is 2. The van der Waals surface area contributed by atoms with Gasteiger partial charge in [-0.3, -0.25) is 4.79 Å². The van der Waals surface area contributed by atoms with Gasteiger partial charge in [0.15, 0.2) is 5.78 Å². The smallest absolute Gasteiger partial charge is 0.407 e. The molecule has 1 atom stereocenters. The van der Waals surface area contributed by atoms with Crippen LogP contribution < -0.4 is 5.32 Å². The molecule has 0 bridgehead atoms. The summed E-state index contributed by atoms with van der Waals surface area (Å²) in [4.78, 5) is 22.2. The summed E-state index contributed by atoms with van der Waals surface area (Å²) >= 11 is 3.10. The average molecular weight is 274 g/mol. The number of nitrogens with one attached hydrogen (secondary N) is 1. The Kier molecular flexibility index (Phi) is 4.55. The largest absolute Gasteiger partial charge is 0.453 e. The third-order valence-corrected chi connectivity index (χ3v) is 2.54. The first-order valence-corrected chi connectivity index (χ1v) is 5.61. The Labute approximate surface area is 96.5 Å². The zero-order valence-corrected chi connectivity index (χ0v) is 9.91. The number of ether oxygens (including phenoxy) is 1. The predicted octanol–water partition coefficient (Wildman–Crippen LogP) is 1.56. The highest BCUT2D eigenvalue weighted by atomic mass is 79.9. The molecule has 0 aromatic carbocycles. The van der Waals surface area contributed by atoms with Gasteiger partial charge in [-0.15, -0.1) is 0 Å². The second-order valence-corrected chi connectivity index (χ2v) is 3.61. The zero-order valence-electron chi connectivity index (χ0n) is 8.33. The van der Waals surface area contributed by atoms with Gasteiger partial charge in [0.25, 0.3) is 0 Å². The van der Waals surface area contributed by atoms with E-state index in [4.69, 9.17) is 0 Å². The number of ketones is 1. The number of hydrogen-bond donors (Lipinski definition) is 1. The highest BCUT2D eigenvalue weighted by Crippen LogP contribution is 2.12. The van der Waals surface area contributed by atoms with Crippen LogP contribution in [-0.2, 0) is 9.53 Å². The quantitative estimate of drug-likeness (QED) is 0.794. The SMILES string of the molecule is COC(=O)NC1C=CC(C(=O)CBr)=CC1. The van der Waals surface area contributed by atoms with Crippen molar-refractivity contribution in [3.8, 4) is 0 Å². The van der Waals surface area contributed by atoms with E-state index in [1.165, 1.54) is 7.11 Å². The van der Waals surface area contributed by atoms with E-state index in [0.717, 1.165) is 0 Å². The number of methoxy groups -OCH3 is 1. The number of amides is 1. The van der Waals surface area contributed by atoms with Crippen molar-refractivity contribution >= 4 is 27.8 Å². The van der Waals surface area contributed by atoms with E-state index in [9.17, 15) is 9.59 Å². The molecule has 0 aliphatic heterocycles. The minimum absolute atomic E-state index is 0.0442. The van der Waals surface area contributed by atoms with Crippen molar-refractivity contribution in [2.24, 2.45) is 0 Å². The van der Waals surface area contributed by atoms with E-state index in [1.807, 2.05) is 6.08 Å². The average Bonchev–Trinajstić information content (AvgIpc) is 2.29. The van der Waals surface area contributed by atoms with Gasteiger partial charge in [-0.25, -0.2) is 4.79 Å². The maximum Gasteiger partial charge on any atom is 0.407 e. The fraction of sp³-hybridized carbons (Fsp3) is 0.400. The lowest BCUT2D eigenvalue weighted by molar-refractivity contribution is -0.112. The molecular formula is C10H12BrNO3. The van der Waals surface area contributed by atoms with Crippen molar-refractivity contribution < 1.29 is 14.3 Å². The van der Waals surface area contributed by atoms with Crippen LogP contribution in [0.5, 0.6) is 0 Å². The van der Waals surface area contributed by atoms with E-state index in [-0.39, 0.29) is 11.8 Å². The Balaban J connectivity index is 2.49. The molecule has 0 radical (unpaired) electrons. The van der Waals surface area contributed by atoms with Crippen LogP contribution in [0, 0.1) is 0 Å². The van der Waals surface area contributed by atoms with Crippen LogP contribution in [0.25, 0.3) is 0 Å². The molecule has 5 heteroatoms. The number of allylic oxidation sites excluding steroid dienone is 2. The number of carbonyl (C=O) groups excluding carboxylic acids is 2. The van der Waals surface area contributed by atoms with Gasteiger partial charge in [0, 0.05) is 5.57 Å². The lowest BCUT2D eigenvalue weighted by atomic mass is 10.0. The summed E-state index contributed by atoms with van der Waals surface area (Å²) in [5.74, 6) is 0.0442. The first kappa shape index (κ1) is 12.0. The number of halogens is 1. The summed E-state index contributed by atoms with van der Waals surface area (Å²) in [5, 5.41) is 2.95. The molecule has 1 amide bonds. The van der Waals surface area contributed by atoms with Crippen LogP contribution in [0.2, 0.25) is 0 Å². The van der Waals surface area contributed by atoms with Crippen molar-refractivity contribution in [1.29, 1.82) is 0 Å². The van der Waals surface area contributed by atoms with Crippen molar-refractivity contribution in [2.45, 2.75) is 12.5 Å². The molecule has 82 valence electrons. The molecule has 0 saturated carbocycles. The summed E-state index contributed by atoms with van der Waals surface area (Å²) in [5.41, 5.74) is 0.676. The van der Waals surface area contributed by atoms with Gasteiger partial charge >= 0.3 is 6.09 Å². The monoisotopic (exact) mass is 273 g/mol. The minimum atomic E-state index is -0.465. The van der Waals surface area contributed by atoms with Gasteiger partial charge in [-0.2, -0.15) is 0 Å². The Morgan fingerprint density at radius 1 is 1.67 bits per heavy atom. The summed E-state index contributed by atoms with van der Waals surface area (Å²) in [6.07, 6.45) is 5.46. The van der Waals surface area contributed by atoms with Gasteiger partial charge < -0.3 is 10.1 Å². The normalized spacial score (nSPS) is 19.3. The molecule has 15 heavy (non-hydrogen) atoms. The first-order valence-electron chi connectivity index (χ1n) is 4.49. The highest BCUT2D eigenvalue weighted by Gasteiger charge is 2.14. The highest BCUT2D eigenvalue weighted by molar-refractivity contribution is 9.09. The fourth-order valence-electron chi connectivity index (χ4n) is 1.22. The topological polar surface area (TPSA) is 55.4 Å². The van der Waals surface area contributed by atoms with Crippen molar-refractivity contribution in [1.82, 2.24) is 5.32 Å². The molecule has 0 saturated heterocycles. The van der Waals surface area contributed by atoms with Gasteiger partial charge in [0.2, 0.25) is 0 Å². The van der Waals surface area contributed by atoms with Crippen LogP contribution in [0.15, 0.2) is 23.8 Å². The Bertz CT molecular complexity index is 323.